The average Bonchev–Trinajstić information content (AvgIpc) is 2.43. The van der Waals surface area contributed by atoms with Crippen LogP contribution in [0.15, 0.2) is 46.9 Å². The van der Waals surface area contributed by atoms with E-state index in [1.54, 1.807) is 19.1 Å². The Balaban J connectivity index is 2.14. The molecule has 2 aromatic rings. The first kappa shape index (κ1) is 15.9. The average molecular weight is 370 g/mol. The highest BCUT2D eigenvalue weighted by Crippen LogP contribution is 2.32. The highest BCUT2D eigenvalue weighted by molar-refractivity contribution is 9.10. The van der Waals surface area contributed by atoms with Crippen LogP contribution in [0.3, 0.4) is 0 Å². The van der Waals surface area contributed by atoms with Crippen LogP contribution >= 0.6 is 27.5 Å². The minimum atomic E-state index is -0.251. The highest BCUT2D eigenvalue weighted by Gasteiger charge is 2.07. The SMILES string of the molecule is CCOC(=O)Cc1cccc(Oc2cc(Cl)ccc2Br)c1. The van der Waals surface area contributed by atoms with E-state index in [1.807, 2.05) is 30.3 Å². The second-order valence-electron chi connectivity index (χ2n) is 4.31. The Morgan fingerprint density at radius 2 is 2.05 bits per heavy atom. The van der Waals surface area contributed by atoms with E-state index in [-0.39, 0.29) is 12.4 Å². The van der Waals surface area contributed by atoms with Crippen LogP contribution in [0, 0.1) is 0 Å². The van der Waals surface area contributed by atoms with Crippen LogP contribution in [0.25, 0.3) is 0 Å². The Bertz CT molecular complexity index is 643. The Morgan fingerprint density at radius 1 is 1.24 bits per heavy atom. The van der Waals surface area contributed by atoms with Crippen LogP contribution in [0.5, 0.6) is 11.5 Å². The van der Waals surface area contributed by atoms with Crippen LogP contribution in [-0.4, -0.2) is 12.6 Å². The Morgan fingerprint density at radius 3 is 2.81 bits per heavy atom. The molecule has 0 heterocycles. The number of carbonyl (C=O) groups is 1. The summed E-state index contributed by atoms with van der Waals surface area (Å²) >= 11 is 9.37. The maximum atomic E-state index is 11.5. The normalized spacial score (nSPS) is 10.2. The van der Waals surface area contributed by atoms with Crippen LogP contribution in [0.4, 0.5) is 0 Å². The van der Waals surface area contributed by atoms with Crippen LogP contribution in [-0.2, 0) is 16.0 Å². The van der Waals surface area contributed by atoms with Gasteiger partial charge in [0, 0.05) is 11.1 Å². The quantitative estimate of drug-likeness (QED) is 0.696. The van der Waals surface area contributed by atoms with Crippen molar-refractivity contribution in [3.05, 3.63) is 57.5 Å². The molecule has 2 rings (SSSR count). The third-order valence-corrected chi connectivity index (χ3v) is 3.56. The number of rotatable bonds is 5. The van der Waals surface area contributed by atoms with Gasteiger partial charge in [0.2, 0.25) is 0 Å². The molecule has 0 unspecified atom stereocenters. The molecule has 110 valence electrons. The highest BCUT2D eigenvalue weighted by atomic mass is 79.9. The van der Waals surface area contributed by atoms with E-state index in [4.69, 9.17) is 21.1 Å². The summed E-state index contributed by atoms with van der Waals surface area (Å²) in [5.41, 5.74) is 0.837. The summed E-state index contributed by atoms with van der Waals surface area (Å²) in [6.45, 7) is 2.17. The zero-order chi connectivity index (χ0) is 15.2. The lowest BCUT2D eigenvalue weighted by molar-refractivity contribution is -0.142. The molecule has 0 fully saturated rings. The van der Waals surface area contributed by atoms with E-state index in [0.717, 1.165) is 10.0 Å². The first-order chi connectivity index (χ1) is 10.1. The molecule has 2 aromatic carbocycles. The molecule has 0 aliphatic heterocycles. The smallest absolute Gasteiger partial charge is 0.310 e. The molecule has 0 atom stereocenters. The van der Waals surface area contributed by atoms with Crippen LogP contribution < -0.4 is 4.74 Å². The number of benzene rings is 2. The van der Waals surface area contributed by atoms with Crippen molar-refractivity contribution >= 4 is 33.5 Å². The monoisotopic (exact) mass is 368 g/mol. The molecule has 0 aliphatic rings. The fraction of sp³-hybridized carbons (Fsp3) is 0.188. The van der Waals surface area contributed by atoms with Crippen molar-refractivity contribution in [2.24, 2.45) is 0 Å². The van der Waals surface area contributed by atoms with E-state index in [0.29, 0.717) is 23.1 Å². The van der Waals surface area contributed by atoms with Gasteiger partial charge in [-0.2, -0.15) is 0 Å². The summed E-state index contributed by atoms with van der Waals surface area (Å²) < 4.78 is 11.5. The van der Waals surface area contributed by atoms with Gasteiger partial charge >= 0.3 is 5.97 Å². The Labute approximate surface area is 137 Å². The predicted octanol–water partition coefficient (Wildman–Crippen LogP) is 5.00. The van der Waals surface area contributed by atoms with Gasteiger partial charge in [-0.1, -0.05) is 23.7 Å². The third kappa shape index (κ3) is 4.76. The zero-order valence-corrected chi connectivity index (χ0v) is 13.8. The summed E-state index contributed by atoms with van der Waals surface area (Å²) in [4.78, 5) is 11.5. The number of ether oxygens (including phenoxy) is 2. The van der Waals surface area contributed by atoms with Gasteiger partial charge in [-0.25, -0.2) is 0 Å². The van der Waals surface area contributed by atoms with E-state index in [1.165, 1.54) is 0 Å². The van der Waals surface area contributed by atoms with Crippen molar-refractivity contribution < 1.29 is 14.3 Å². The molecule has 0 aromatic heterocycles. The molecular formula is C16H14BrClO3. The number of esters is 1. The van der Waals surface area contributed by atoms with Gasteiger partial charge in [0.1, 0.15) is 11.5 Å². The van der Waals surface area contributed by atoms with Crippen molar-refractivity contribution in [1.82, 2.24) is 0 Å². The lowest BCUT2D eigenvalue weighted by Gasteiger charge is -2.09. The van der Waals surface area contributed by atoms with E-state index in [2.05, 4.69) is 15.9 Å². The van der Waals surface area contributed by atoms with Gasteiger partial charge < -0.3 is 9.47 Å². The van der Waals surface area contributed by atoms with E-state index < -0.39 is 0 Å². The summed E-state index contributed by atoms with van der Waals surface area (Å²) in [6, 6.07) is 12.6. The standard InChI is InChI=1S/C16H14BrClO3/c1-2-20-16(19)9-11-4-3-5-13(8-11)21-15-10-12(18)6-7-14(15)17/h3-8,10H,2,9H2,1H3. The molecule has 0 saturated heterocycles. The number of carbonyl (C=O) groups excluding carboxylic acids is 1. The van der Waals surface area contributed by atoms with Gasteiger partial charge in [-0.3, -0.25) is 4.79 Å². The number of hydrogen-bond acceptors (Lipinski definition) is 3. The van der Waals surface area contributed by atoms with Gasteiger partial charge in [0.05, 0.1) is 17.5 Å². The summed E-state index contributed by atoms with van der Waals surface area (Å²) in [6.07, 6.45) is 0.224. The van der Waals surface area contributed by atoms with Gasteiger partial charge in [-0.15, -0.1) is 0 Å². The molecule has 0 bridgehead atoms. The maximum Gasteiger partial charge on any atom is 0.310 e. The molecule has 21 heavy (non-hydrogen) atoms. The Hall–Kier alpha value is -1.52. The first-order valence-corrected chi connectivity index (χ1v) is 7.63. The summed E-state index contributed by atoms with van der Waals surface area (Å²) in [5.74, 6) is 1.01. The van der Waals surface area contributed by atoms with Crippen LogP contribution in [0.1, 0.15) is 12.5 Å². The Kier molecular flexibility index (Phi) is 5.65. The fourth-order valence-corrected chi connectivity index (χ4v) is 2.27. The van der Waals surface area contributed by atoms with Crippen molar-refractivity contribution in [2.45, 2.75) is 13.3 Å². The maximum absolute atomic E-state index is 11.5. The van der Waals surface area contributed by atoms with Gasteiger partial charge in [0.15, 0.2) is 0 Å². The molecule has 0 spiro atoms. The van der Waals surface area contributed by atoms with E-state index >= 15 is 0 Å². The van der Waals surface area contributed by atoms with Crippen molar-refractivity contribution in [1.29, 1.82) is 0 Å². The fourth-order valence-electron chi connectivity index (χ4n) is 1.78. The molecule has 0 radical (unpaired) electrons. The lowest BCUT2D eigenvalue weighted by atomic mass is 10.1. The molecule has 0 saturated carbocycles. The molecule has 0 amide bonds. The summed E-state index contributed by atoms with van der Waals surface area (Å²) in [7, 11) is 0. The van der Waals surface area contributed by atoms with Crippen LogP contribution in [0.2, 0.25) is 5.02 Å². The molecular weight excluding hydrogens is 356 g/mol. The lowest BCUT2D eigenvalue weighted by Crippen LogP contribution is -2.07. The van der Waals surface area contributed by atoms with Crippen molar-refractivity contribution in [3.63, 3.8) is 0 Å². The topological polar surface area (TPSA) is 35.5 Å². The number of hydrogen-bond donors (Lipinski definition) is 0. The summed E-state index contributed by atoms with van der Waals surface area (Å²) in [5, 5.41) is 0.593. The van der Waals surface area contributed by atoms with Crippen molar-refractivity contribution in [2.75, 3.05) is 6.61 Å². The van der Waals surface area contributed by atoms with Crippen molar-refractivity contribution in [3.8, 4) is 11.5 Å². The second kappa shape index (κ2) is 7.48. The van der Waals surface area contributed by atoms with Gasteiger partial charge in [-0.05, 0) is 52.7 Å². The predicted molar refractivity (Wildman–Crippen MR) is 86.0 cm³/mol. The largest absolute Gasteiger partial charge is 0.466 e. The second-order valence-corrected chi connectivity index (χ2v) is 5.60. The molecule has 3 nitrogen and oxygen atoms in total. The first-order valence-electron chi connectivity index (χ1n) is 6.46. The third-order valence-electron chi connectivity index (χ3n) is 2.67. The van der Waals surface area contributed by atoms with E-state index in [9.17, 15) is 4.79 Å². The zero-order valence-electron chi connectivity index (χ0n) is 11.4. The van der Waals surface area contributed by atoms with Gasteiger partial charge in [0.25, 0.3) is 0 Å². The molecule has 0 N–H and O–H groups in total. The molecule has 0 aliphatic carbocycles. The minimum absolute atomic E-state index is 0.224. The number of halogens is 2. The molecule has 5 heteroatoms. The minimum Gasteiger partial charge on any atom is -0.466 e.